The number of methoxy groups -OCH3 is 1. The van der Waals surface area contributed by atoms with Crippen LogP contribution in [0.1, 0.15) is 20.3 Å². The van der Waals surface area contributed by atoms with Gasteiger partial charge in [0.05, 0.1) is 37.9 Å². The van der Waals surface area contributed by atoms with Crippen LogP contribution in [0.4, 0.5) is 0 Å². The van der Waals surface area contributed by atoms with Crippen molar-refractivity contribution >= 4 is 11.6 Å². The molecule has 0 heterocycles. The Balaban J connectivity index is 2.03. The lowest BCUT2D eigenvalue weighted by atomic mass is 9.91. The van der Waals surface area contributed by atoms with Crippen molar-refractivity contribution in [3.05, 3.63) is 0 Å². The third-order valence-electron chi connectivity index (χ3n) is 2.79. The minimum Gasteiger partial charge on any atom is -0.382 e. The summed E-state index contributed by atoms with van der Waals surface area (Å²) < 4.78 is 21.7. The molecule has 3 atom stereocenters. The number of halogens is 1. The first kappa shape index (κ1) is 16.2. The van der Waals surface area contributed by atoms with E-state index in [1.807, 2.05) is 0 Å². The topological polar surface area (TPSA) is 36.9 Å². The van der Waals surface area contributed by atoms with Crippen molar-refractivity contribution in [3.63, 3.8) is 0 Å². The van der Waals surface area contributed by atoms with Crippen LogP contribution < -0.4 is 0 Å². The molecule has 1 fully saturated rings. The minimum atomic E-state index is -0.00749. The molecule has 1 aliphatic carbocycles. The van der Waals surface area contributed by atoms with E-state index in [1.54, 1.807) is 7.11 Å². The summed E-state index contributed by atoms with van der Waals surface area (Å²) >= 11 is 6.09. The van der Waals surface area contributed by atoms with Gasteiger partial charge in [-0.15, -0.1) is 11.6 Å². The average molecular weight is 281 g/mol. The summed E-state index contributed by atoms with van der Waals surface area (Å²) in [5, 5.41) is 0.0587. The van der Waals surface area contributed by atoms with Crippen LogP contribution in [-0.4, -0.2) is 57.7 Å². The highest BCUT2D eigenvalue weighted by molar-refractivity contribution is 6.21. The smallest absolute Gasteiger partial charge is 0.100 e. The highest BCUT2D eigenvalue weighted by atomic mass is 35.5. The van der Waals surface area contributed by atoms with E-state index in [4.69, 9.17) is 30.5 Å². The lowest BCUT2D eigenvalue weighted by molar-refractivity contribution is -0.136. The van der Waals surface area contributed by atoms with Gasteiger partial charge in [-0.05, 0) is 12.3 Å². The molecule has 5 heteroatoms. The summed E-state index contributed by atoms with van der Waals surface area (Å²) in [4.78, 5) is 0. The lowest BCUT2D eigenvalue weighted by Crippen LogP contribution is -2.51. The highest BCUT2D eigenvalue weighted by Gasteiger charge is 2.41. The number of rotatable bonds is 10. The van der Waals surface area contributed by atoms with Crippen LogP contribution in [0.5, 0.6) is 0 Å². The molecular weight excluding hydrogens is 256 g/mol. The van der Waals surface area contributed by atoms with Gasteiger partial charge in [0, 0.05) is 13.7 Å². The van der Waals surface area contributed by atoms with Crippen LogP contribution in [0.25, 0.3) is 0 Å². The van der Waals surface area contributed by atoms with Gasteiger partial charge in [0.15, 0.2) is 0 Å². The minimum absolute atomic E-state index is 0.00749. The lowest BCUT2D eigenvalue weighted by Gasteiger charge is -2.40. The predicted molar refractivity (Wildman–Crippen MR) is 71.3 cm³/mol. The molecule has 0 saturated heterocycles. The number of alkyl halides is 1. The van der Waals surface area contributed by atoms with Gasteiger partial charge in [-0.2, -0.15) is 0 Å². The molecule has 18 heavy (non-hydrogen) atoms. The van der Waals surface area contributed by atoms with Crippen LogP contribution in [0, 0.1) is 5.92 Å². The molecule has 4 nitrogen and oxygen atoms in total. The molecule has 1 saturated carbocycles. The Morgan fingerprint density at radius 2 is 1.83 bits per heavy atom. The number of ether oxygens (including phenoxy) is 4. The average Bonchev–Trinajstić information content (AvgIpc) is 2.32. The third kappa shape index (κ3) is 5.85. The van der Waals surface area contributed by atoms with Gasteiger partial charge in [0.25, 0.3) is 0 Å². The zero-order chi connectivity index (χ0) is 13.4. The first-order valence-electron chi connectivity index (χ1n) is 6.59. The van der Waals surface area contributed by atoms with Crippen LogP contribution in [0.3, 0.4) is 0 Å². The van der Waals surface area contributed by atoms with Gasteiger partial charge in [-0.3, -0.25) is 0 Å². The molecule has 0 N–H and O–H groups in total. The fourth-order valence-electron chi connectivity index (χ4n) is 1.75. The number of hydrogen-bond donors (Lipinski definition) is 0. The second-order valence-electron chi connectivity index (χ2n) is 4.96. The van der Waals surface area contributed by atoms with Gasteiger partial charge in [-0.25, -0.2) is 0 Å². The Bertz CT molecular complexity index is 213. The van der Waals surface area contributed by atoms with Gasteiger partial charge < -0.3 is 18.9 Å². The fraction of sp³-hybridized carbons (Fsp3) is 1.00. The molecule has 0 amide bonds. The Labute approximate surface area is 115 Å². The van der Waals surface area contributed by atoms with Crippen molar-refractivity contribution in [1.82, 2.24) is 0 Å². The van der Waals surface area contributed by atoms with E-state index in [0.29, 0.717) is 32.3 Å². The van der Waals surface area contributed by atoms with Crippen molar-refractivity contribution < 1.29 is 18.9 Å². The van der Waals surface area contributed by atoms with Crippen LogP contribution in [0.2, 0.25) is 0 Å². The monoisotopic (exact) mass is 280 g/mol. The first-order chi connectivity index (χ1) is 8.65. The van der Waals surface area contributed by atoms with Gasteiger partial charge >= 0.3 is 0 Å². The Morgan fingerprint density at radius 1 is 1.11 bits per heavy atom. The summed E-state index contributed by atoms with van der Waals surface area (Å²) in [5.41, 5.74) is 0. The quantitative estimate of drug-likeness (QED) is 0.454. The van der Waals surface area contributed by atoms with Crippen molar-refractivity contribution in [2.45, 2.75) is 37.9 Å². The van der Waals surface area contributed by atoms with Crippen LogP contribution in [0.15, 0.2) is 0 Å². The van der Waals surface area contributed by atoms with E-state index < -0.39 is 0 Å². The normalized spacial score (nSPS) is 27.5. The van der Waals surface area contributed by atoms with E-state index in [9.17, 15) is 0 Å². The number of hydrogen-bond acceptors (Lipinski definition) is 4. The second kappa shape index (κ2) is 9.10. The molecule has 1 rings (SSSR count). The van der Waals surface area contributed by atoms with E-state index >= 15 is 0 Å². The summed E-state index contributed by atoms with van der Waals surface area (Å²) in [6.07, 6.45) is 0.947. The zero-order valence-electron chi connectivity index (χ0n) is 11.6. The fourth-order valence-corrected chi connectivity index (χ4v) is 2.16. The molecule has 3 unspecified atom stereocenters. The van der Waals surface area contributed by atoms with Crippen LogP contribution in [-0.2, 0) is 18.9 Å². The van der Waals surface area contributed by atoms with Gasteiger partial charge in [0.2, 0.25) is 0 Å². The van der Waals surface area contributed by atoms with Crippen molar-refractivity contribution in [2.24, 2.45) is 5.92 Å². The largest absolute Gasteiger partial charge is 0.382 e. The Kier molecular flexibility index (Phi) is 8.18. The highest BCUT2D eigenvalue weighted by Crippen LogP contribution is 2.31. The molecule has 0 aromatic rings. The molecule has 108 valence electrons. The van der Waals surface area contributed by atoms with Crippen molar-refractivity contribution in [3.8, 4) is 0 Å². The maximum atomic E-state index is 6.09. The second-order valence-corrected chi connectivity index (χ2v) is 5.52. The van der Waals surface area contributed by atoms with E-state index in [-0.39, 0.29) is 17.6 Å². The summed E-state index contributed by atoms with van der Waals surface area (Å²) in [6, 6.07) is 0. The molecule has 0 aromatic heterocycles. The van der Waals surface area contributed by atoms with Gasteiger partial charge in [0.1, 0.15) is 6.10 Å². The molecular formula is C13H25ClO4. The molecule has 0 radical (unpaired) electrons. The van der Waals surface area contributed by atoms with E-state index in [0.717, 1.165) is 13.0 Å². The van der Waals surface area contributed by atoms with Crippen LogP contribution >= 0.6 is 11.6 Å². The van der Waals surface area contributed by atoms with Crippen molar-refractivity contribution in [2.75, 3.05) is 40.1 Å². The molecule has 0 spiro atoms. The molecule has 0 aromatic carbocycles. The maximum Gasteiger partial charge on any atom is 0.100 e. The first-order valence-corrected chi connectivity index (χ1v) is 7.02. The molecule has 1 aliphatic rings. The summed E-state index contributed by atoms with van der Waals surface area (Å²) in [6.45, 7) is 7.42. The SMILES string of the molecule is COCCOC1C(Cl)CC1OCCOCC(C)C. The Hall–Kier alpha value is 0.130. The van der Waals surface area contributed by atoms with Crippen molar-refractivity contribution in [1.29, 1.82) is 0 Å². The maximum absolute atomic E-state index is 6.09. The summed E-state index contributed by atoms with van der Waals surface area (Å²) in [5.74, 6) is 0.561. The standard InChI is InChI=1S/C13H25ClO4/c1-10(2)9-16-5-7-17-12-8-11(14)13(12)18-6-4-15-3/h10-13H,4-9H2,1-3H3. The Morgan fingerprint density at radius 3 is 2.44 bits per heavy atom. The van der Waals surface area contributed by atoms with E-state index in [2.05, 4.69) is 13.8 Å². The predicted octanol–water partition coefficient (Wildman–Crippen LogP) is 2.09. The van der Waals surface area contributed by atoms with E-state index in [1.165, 1.54) is 0 Å². The van der Waals surface area contributed by atoms with Gasteiger partial charge in [-0.1, -0.05) is 13.8 Å². The third-order valence-corrected chi connectivity index (χ3v) is 3.22. The molecule has 0 bridgehead atoms. The summed E-state index contributed by atoms with van der Waals surface area (Å²) in [7, 11) is 1.66. The molecule has 0 aliphatic heterocycles. The zero-order valence-corrected chi connectivity index (χ0v) is 12.3.